The number of para-hydroxylation sites is 1. The van der Waals surface area contributed by atoms with Crippen molar-refractivity contribution in [3.63, 3.8) is 0 Å². The predicted octanol–water partition coefficient (Wildman–Crippen LogP) is 7.70. The van der Waals surface area contributed by atoms with E-state index in [1.807, 2.05) is 43.4 Å². The Balaban J connectivity index is 1.53. The van der Waals surface area contributed by atoms with Crippen molar-refractivity contribution in [2.45, 2.75) is 13.3 Å². The van der Waals surface area contributed by atoms with E-state index in [0.29, 0.717) is 5.70 Å². The highest BCUT2D eigenvalue weighted by molar-refractivity contribution is 6.10. The lowest BCUT2D eigenvalue weighted by atomic mass is 10.0. The molecule has 0 spiro atoms. The van der Waals surface area contributed by atoms with Gasteiger partial charge in [0.25, 0.3) is 0 Å². The fourth-order valence-electron chi connectivity index (χ4n) is 4.87. The van der Waals surface area contributed by atoms with Gasteiger partial charge >= 0.3 is 0 Å². The Kier molecular flexibility index (Phi) is 7.43. The van der Waals surface area contributed by atoms with Gasteiger partial charge in [-0.1, -0.05) is 78.9 Å². The van der Waals surface area contributed by atoms with E-state index in [4.69, 9.17) is 16.7 Å². The molecule has 0 fully saturated rings. The van der Waals surface area contributed by atoms with Gasteiger partial charge in [0, 0.05) is 22.2 Å². The van der Waals surface area contributed by atoms with E-state index in [0.717, 1.165) is 17.7 Å². The highest BCUT2D eigenvalue weighted by Crippen LogP contribution is 2.35. The molecule has 0 aliphatic rings. The molecule has 0 saturated heterocycles. The second-order valence-corrected chi connectivity index (χ2v) is 9.33. The first-order valence-electron chi connectivity index (χ1n) is 12.9. The summed E-state index contributed by atoms with van der Waals surface area (Å²) in [7, 11) is 0. The van der Waals surface area contributed by atoms with E-state index in [1.54, 1.807) is 6.08 Å². The summed E-state index contributed by atoms with van der Waals surface area (Å²) >= 11 is 0. The molecular formula is C35H30N4. The SMILES string of the molecule is C/C=C(\C=C(/N)C#N)C(/N)=C/C=C\Cc1ccc2c(c1)c1cc(-c3ccccc3)ccc1n2-c1ccccc1. The van der Waals surface area contributed by atoms with E-state index in [2.05, 4.69) is 95.6 Å². The number of allylic oxidation sites excluding steroid dienone is 6. The molecule has 1 aromatic heterocycles. The third-order valence-corrected chi connectivity index (χ3v) is 6.80. The van der Waals surface area contributed by atoms with E-state index < -0.39 is 0 Å². The van der Waals surface area contributed by atoms with Gasteiger partial charge in [0.1, 0.15) is 11.8 Å². The first kappa shape index (κ1) is 25.4. The topological polar surface area (TPSA) is 80.8 Å². The molecule has 1 heterocycles. The number of hydrogen-bond acceptors (Lipinski definition) is 3. The molecule has 4 heteroatoms. The van der Waals surface area contributed by atoms with Crippen LogP contribution in [0.25, 0.3) is 38.6 Å². The third kappa shape index (κ3) is 5.39. The Hall–Kier alpha value is -5.27. The van der Waals surface area contributed by atoms with Gasteiger partial charge in [-0.05, 0) is 84.2 Å². The van der Waals surface area contributed by atoms with E-state index >= 15 is 0 Å². The maximum Gasteiger partial charge on any atom is 0.117 e. The number of nitriles is 1. The maximum atomic E-state index is 8.94. The summed E-state index contributed by atoms with van der Waals surface area (Å²) in [6, 6.07) is 36.3. The molecule has 4 N–H and O–H groups in total. The molecule has 0 aliphatic carbocycles. The normalized spacial score (nSPS) is 12.9. The molecule has 5 aromatic rings. The molecule has 4 aromatic carbocycles. The zero-order valence-corrected chi connectivity index (χ0v) is 21.9. The summed E-state index contributed by atoms with van der Waals surface area (Å²) in [5, 5.41) is 11.4. The van der Waals surface area contributed by atoms with Crippen molar-refractivity contribution in [3.8, 4) is 22.9 Å². The minimum Gasteiger partial charge on any atom is -0.398 e. The molecule has 190 valence electrons. The Labute approximate surface area is 229 Å². The summed E-state index contributed by atoms with van der Waals surface area (Å²) < 4.78 is 2.33. The van der Waals surface area contributed by atoms with Crippen molar-refractivity contribution in [2.24, 2.45) is 11.5 Å². The summed E-state index contributed by atoms with van der Waals surface area (Å²) in [6.07, 6.45) is 10.0. The van der Waals surface area contributed by atoms with Gasteiger partial charge in [0.15, 0.2) is 0 Å². The standard InChI is InChI=1S/C35H30N4/c1-2-26(22-29(37)24-36)33(38)16-10-9-11-25-17-19-34-31(21-25)32-23-28(27-12-5-3-6-13-27)18-20-35(32)39(34)30-14-7-4-8-15-30/h2-10,12-23H,11,37-38H2,1H3/b10-9-,26-2+,29-22-,33-16-. The van der Waals surface area contributed by atoms with Crippen LogP contribution < -0.4 is 11.5 Å². The van der Waals surface area contributed by atoms with Gasteiger partial charge in [-0.2, -0.15) is 5.26 Å². The molecule has 0 aliphatic heterocycles. The Morgan fingerprint density at radius 1 is 0.821 bits per heavy atom. The molecule has 0 bridgehead atoms. The zero-order valence-electron chi connectivity index (χ0n) is 21.9. The fourth-order valence-corrected chi connectivity index (χ4v) is 4.87. The molecule has 5 rings (SSSR count). The van der Waals surface area contributed by atoms with Gasteiger partial charge in [0.2, 0.25) is 0 Å². The number of benzene rings is 4. The molecule has 0 saturated carbocycles. The minimum absolute atomic E-state index is 0.127. The van der Waals surface area contributed by atoms with Gasteiger partial charge in [0.05, 0.1) is 11.0 Å². The fraction of sp³-hybridized carbons (Fsp3) is 0.0571. The van der Waals surface area contributed by atoms with Crippen molar-refractivity contribution in [1.29, 1.82) is 5.26 Å². The van der Waals surface area contributed by atoms with Crippen molar-refractivity contribution in [2.75, 3.05) is 0 Å². The van der Waals surface area contributed by atoms with Crippen LogP contribution in [0.2, 0.25) is 0 Å². The first-order valence-corrected chi connectivity index (χ1v) is 12.9. The van der Waals surface area contributed by atoms with Crippen LogP contribution in [0, 0.1) is 11.3 Å². The van der Waals surface area contributed by atoms with Crippen molar-refractivity contribution in [1.82, 2.24) is 4.57 Å². The molecule has 0 atom stereocenters. The molecule has 4 nitrogen and oxygen atoms in total. The van der Waals surface area contributed by atoms with Crippen LogP contribution in [0.3, 0.4) is 0 Å². The number of nitrogens with two attached hydrogens (primary N) is 2. The first-order chi connectivity index (χ1) is 19.1. The number of hydrogen-bond donors (Lipinski definition) is 2. The largest absolute Gasteiger partial charge is 0.398 e. The molecule has 39 heavy (non-hydrogen) atoms. The Morgan fingerprint density at radius 2 is 1.49 bits per heavy atom. The summed E-state index contributed by atoms with van der Waals surface area (Å²) in [6.45, 7) is 1.87. The average molecular weight is 507 g/mol. The van der Waals surface area contributed by atoms with Gasteiger partial charge in [-0.15, -0.1) is 0 Å². The van der Waals surface area contributed by atoms with Crippen LogP contribution in [0.1, 0.15) is 12.5 Å². The molecule has 0 amide bonds. The molecule has 0 unspecified atom stereocenters. The molecular weight excluding hydrogens is 476 g/mol. The van der Waals surface area contributed by atoms with Crippen molar-refractivity contribution in [3.05, 3.63) is 150 Å². The van der Waals surface area contributed by atoms with Crippen molar-refractivity contribution >= 4 is 21.8 Å². The van der Waals surface area contributed by atoms with Crippen LogP contribution >= 0.6 is 0 Å². The average Bonchev–Trinajstić information content (AvgIpc) is 3.31. The lowest BCUT2D eigenvalue weighted by molar-refractivity contribution is 1.18. The summed E-state index contributed by atoms with van der Waals surface area (Å²) in [5.41, 5.74) is 20.4. The van der Waals surface area contributed by atoms with Crippen LogP contribution in [0.4, 0.5) is 0 Å². The maximum absolute atomic E-state index is 8.94. The van der Waals surface area contributed by atoms with Crippen LogP contribution in [-0.2, 0) is 6.42 Å². The van der Waals surface area contributed by atoms with Crippen molar-refractivity contribution < 1.29 is 0 Å². The summed E-state index contributed by atoms with van der Waals surface area (Å²) in [4.78, 5) is 0. The second-order valence-electron chi connectivity index (χ2n) is 9.33. The minimum atomic E-state index is 0.127. The molecule has 0 radical (unpaired) electrons. The zero-order chi connectivity index (χ0) is 27.2. The van der Waals surface area contributed by atoms with Crippen LogP contribution in [0.15, 0.2) is 144 Å². The predicted molar refractivity (Wildman–Crippen MR) is 163 cm³/mol. The van der Waals surface area contributed by atoms with Gasteiger partial charge in [-0.25, -0.2) is 0 Å². The van der Waals surface area contributed by atoms with Crippen LogP contribution in [-0.4, -0.2) is 4.57 Å². The lowest BCUT2D eigenvalue weighted by Crippen LogP contribution is -2.02. The third-order valence-electron chi connectivity index (χ3n) is 6.80. The number of rotatable bonds is 7. The highest BCUT2D eigenvalue weighted by Gasteiger charge is 2.13. The van der Waals surface area contributed by atoms with Crippen LogP contribution in [0.5, 0.6) is 0 Å². The van der Waals surface area contributed by atoms with E-state index in [9.17, 15) is 0 Å². The second kappa shape index (κ2) is 11.4. The Morgan fingerprint density at radius 3 is 2.18 bits per heavy atom. The van der Waals surface area contributed by atoms with Gasteiger partial charge in [-0.3, -0.25) is 0 Å². The lowest BCUT2D eigenvalue weighted by Gasteiger charge is -2.08. The number of aromatic nitrogens is 1. The number of fused-ring (bicyclic) bond motifs is 3. The number of nitrogens with zero attached hydrogens (tertiary/aromatic N) is 2. The smallest absolute Gasteiger partial charge is 0.117 e. The monoisotopic (exact) mass is 506 g/mol. The quantitative estimate of drug-likeness (QED) is 0.175. The highest BCUT2D eigenvalue weighted by atomic mass is 15.0. The van der Waals surface area contributed by atoms with E-state index in [-0.39, 0.29) is 5.70 Å². The van der Waals surface area contributed by atoms with E-state index in [1.165, 1.54) is 38.5 Å². The summed E-state index contributed by atoms with van der Waals surface area (Å²) in [5.74, 6) is 0. The Bertz CT molecular complexity index is 1790. The van der Waals surface area contributed by atoms with Gasteiger partial charge < -0.3 is 16.0 Å².